The first-order valence-corrected chi connectivity index (χ1v) is 6.50. The van der Waals surface area contributed by atoms with E-state index in [0.717, 1.165) is 5.56 Å². The lowest BCUT2D eigenvalue weighted by Crippen LogP contribution is -2.00. The lowest BCUT2D eigenvalue weighted by atomic mass is 10.0. The number of Topliss-reactive ketones (excluding diaryl/α,β-unsaturated/α-hetero) is 1. The van der Waals surface area contributed by atoms with Gasteiger partial charge in [0.2, 0.25) is 0 Å². The Morgan fingerprint density at radius 3 is 2.62 bits per heavy atom. The molecule has 0 amide bonds. The van der Waals surface area contributed by atoms with Gasteiger partial charge < -0.3 is 0 Å². The van der Waals surface area contributed by atoms with E-state index < -0.39 is 4.92 Å². The van der Waals surface area contributed by atoms with E-state index in [1.807, 2.05) is 0 Å². The summed E-state index contributed by atoms with van der Waals surface area (Å²) in [5.41, 5.74) is 1.20. The minimum atomic E-state index is -0.493. The van der Waals surface area contributed by atoms with E-state index in [0.29, 0.717) is 24.8 Å². The molecule has 107 valence electrons. The van der Waals surface area contributed by atoms with Gasteiger partial charge in [-0.15, -0.1) is 0 Å². The first kappa shape index (κ1) is 14.8. The molecule has 0 saturated carbocycles. The monoisotopic (exact) mass is 286 g/mol. The normalized spacial score (nSPS) is 10.3. The van der Waals surface area contributed by atoms with Crippen molar-refractivity contribution in [3.63, 3.8) is 0 Å². The first-order chi connectivity index (χ1) is 10.1. The quantitative estimate of drug-likeness (QED) is 0.461. The molecule has 0 fully saturated rings. The number of carbonyl (C=O) groups excluding carboxylic acids is 1. The Labute approximate surface area is 121 Å². The second-order valence-electron chi connectivity index (χ2n) is 4.62. The van der Waals surface area contributed by atoms with Crippen molar-refractivity contribution in [2.75, 3.05) is 0 Å². The average Bonchev–Trinajstić information content (AvgIpc) is 2.48. The zero-order chi connectivity index (χ0) is 15.2. The van der Waals surface area contributed by atoms with Gasteiger partial charge in [0.25, 0.3) is 5.69 Å². The van der Waals surface area contributed by atoms with Gasteiger partial charge in [0, 0.05) is 18.1 Å². The van der Waals surface area contributed by atoms with Crippen molar-refractivity contribution in [1.29, 1.82) is 0 Å². The van der Waals surface area contributed by atoms with Crippen LogP contribution in [-0.2, 0) is 6.42 Å². The van der Waals surface area contributed by atoms with Crippen LogP contribution in [0.2, 0.25) is 0 Å². The molecule has 5 heteroatoms. The Morgan fingerprint density at radius 1 is 1.24 bits per heavy atom. The number of hydrogen-bond acceptors (Lipinski definition) is 3. The Kier molecular flexibility index (Phi) is 4.77. The Hall–Kier alpha value is -2.56. The van der Waals surface area contributed by atoms with E-state index in [-0.39, 0.29) is 17.3 Å². The fraction of sp³-hybridized carbons (Fsp3) is 0.188. The molecule has 0 saturated heterocycles. The summed E-state index contributed by atoms with van der Waals surface area (Å²) in [7, 11) is 0. The molecule has 0 bridgehead atoms. The molecule has 0 aliphatic heterocycles. The number of nitro benzene ring substituents is 1. The molecular formula is C16H13FNO3. The van der Waals surface area contributed by atoms with E-state index in [9.17, 15) is 19.3 Å². The van der Waals surface area contributed by atoms with Gasteiger partial charge in [-0.3, -0.25) is 14.9 Å². The van der Waals surface area contributed by atoms with Crippen molar-refractivity contribution in [3.05, 3.63) is 75.6 Å². The SMILES string of the molecule is O=C(CCCc1cc[c]c([N+](=O)[O-])c1)c1ccc(F)cc1. The van der Waals surface area contributed by atoms with Gasteiger partial charge in [0.15, 0.2) is 5.78 Å². The molecule has 21 heavy (non-hydrogen) atoms. The third-order valence-corrected chi connectivity index (χ3v) is 3.08. The van der Waals surface area contributed by atoms with E-state index >= 15 is 0 Å². The number of nitro groups is 1. The molecule has 1 radical (unpaired) electrons. The summed E-state index contributed by atoms with van der Waals surface area (Å²) >= 11 is 0. The van der Waals surface area contributed by atoms with Crippen LogP contribution in [0.15, 0.2) is 42.5 Å². The standard InChI is InChI=1S/C16H13FNO3/c17-14-9-7-13(8-10-14)16(19)6-2-4-12-3-1-5-15(11-12)18(20)21/h1,3,7-11H,2,4,6H2. The number of nitrogens with zero attached hydrogens (tertiary/aromatic N) is 1. The number of halogens is 1. The van der Waals surface area contributed by atoms with Gasteiger partial charge in [-0.05, 0) is 48.7 Å². The van der Waals surface area contributed by atoms with Crippen LogP contribution in [0, 0.1) is 22.0 Å². The number of aryl methyl sites for hydroxylation is 1. The zero-order valence-corrected chi connectivity index (χ0v) is 11.2. The third kappa shape index (κ3) is 4.21. The minimum Gasteiger partial charge on any atom is -0.294 e. The molecule has 0 aliphatic rings. The molecule has 2 aromatic carbocycles. The smallest absolute Gasteiger partial charge is 0.277 e. The van der Waals surface area contributed by atoms with Gasteiger partial charge in [-0.2, -0.15) is 0 Å². The highest BCUT2D eigenvalue weighted by molar-refractivity contribution is 5.95. The molecule has 0 aliphatic carbocycles. The summed E-state index contributed by atoms with van der Waals surface area (Å²) in [5.74, 6) is -0.439. The first-order valence-electron chi connectivity index (χ1n) is 6.50. The number of rotatable bonds is 6. The van der Waals surface area contributed by atoms with Crippen molar-refractivity contribution >= 4 is 11.5 Å². The Balaban J connectivity index is 1.89. The molecule has 2 aromatic rings. The van der Waals surface area contributed by atoms with Crippen molar-refractivity contribution < 1.29 is 14.1 Å². The van der Waals surface area contributed by atoms with Crippen LogP contribution in [0.4, 0.5) is 10.1 Å². The summed E-state index contributed by atoms with van der Waals surface area (Å²) in [5, 5.41) is 10.6. The highest BCUT2D eigenvalue weighted by atomic mass is 19.1. The van der Waals surface area contributed by atoms with Gasteiger partial charge in [-0.1, -0.05) is 6.07 Å². The molecule has 4 nitrogen and oxygen atoms in total. The maximum Gasteiger partial charge on any atom is 0.277 e. The van der Waals surface area contributed by atoms with E-state index in [1.54, 1.807) is 6.07 Å². The third-order valence-electron chi connectivity index (χ3n) is 3.08. The zero-order valence-electron chi connectivity index (χ0n) is 11.2. The van der Waals surface area contributed by atoms with Crippen LogP contribution in [0.1, 0.15) is 28.8 Å². The summed E-state index contributed by atoms with van der Waals surface area (Å²) in [6, 6.07) is 12.7. The van der Waals surface area contributed by atoms with Crippen LogP contribution in [0.25, 0.3) is 0 Å². The number of carbonyl (C=O) groups is 1. The topological polar surface area (TPSA) is 60.2 Å². The molecule has 0 N–H and O–H groups in total. The van der Waals surface area contributed by atoms with Gasteiger partial charge in [0.05, 0.1) is 11.0 Å². The number of hydrogen-bond donors (Lipinski definition) is 0. The van der Waals surface area contributed by atoms with Gasteiger partial charge in [0.1, 0.15) is 5.82 Å². The predicted octanol–water partition coefficient (Wildman–Crippen LogP) is 3.74. The van der Waals surface area contributed by atoms with Crippen LogP contribution in [-0.4, -0.2) is 10.7 Å². The van der Waals surface area contributed by atoms with Gasteiger partial charge in [-0.25, -0.2) is 4.39 Å². The van der Waals surface area contributed by atoms with Crippen molar-refractivity contribution in [2.24, 2.45) is 0 Å². The maximum absolute atomic E-state index is 12.8. The van der Waals surface area contributed by atoms with Crippen molar-refractivity contribution in [1.82, 2.24) is 0 Å². The predicted molar refractivity (Wildman–Crippen MR) is 75.6 cm³/mol. The van der Waals surface area contributed by atoms with Crippen LogP contribution in [0.5, 0.6) is 0 Å². The largest absolute Gasteiger partial charge is 0.294 e. The molecule has 0 aromatic heterocycles. The fourth-order valence-electron chi connectivity index (χ4n) is 1.99. The van der Waals surface area contributed by atoms with Crippen LogP contribution < -0.4 is 0 Å². The van der Waals surface area contributed by atoms with Gasteiger partial charge >= 0.3 is 0 Å². The number of benzene rings is 2. The summed E-state index contributed by atoms with van der Waals surface area (Å²) in [6.45, 7) is 0. The molecule has 0 atom stereocenters. The second kappa shape index (κ2) is 6.74. The molecule has 0 heterocycles. The second-order valence-corrected chi connectivity index (χ2v) is 4.62. The minimum absolute atomic E-state index is 0.0630. The summed E-state index contributed by atoms with van der Waals surface area (Å²) in [6.07, 6.45) is 1.47. The maximum atomic E-state index is 12.8. The summed E-state index contributed by atoms with van der Waals surface area (Å²) in [4.78, 5) is 22.0. The number of non-ortho nitro benzene ring substituents is 1. The number of ketones is 1. The van der Waals surface area contributed by atoms with E-state index in [1.165, 1.54) is 36.4 Å². The molecule has 0 unspecified atom stereocenters. The highest BCUT2D eigenvalue weighted by Gasteiger charge is 2.08. The average molecular weight is 286 g/mol. The Morgan fingerprint density at radius 2 is 1.95 bits per heavy atom. The van der Waals surface area contributed by atoms with E-state index in [4.69, 9.17) is 0 Å². The lowest BCUT2D eigenvalue weighted by Gasteiger charge is -2.02. The van der Waals surface area contributed by atoms with Crippen molar-refractivity contribution in [3.8, 4) is 0 Å². The Bertz CT molecular complexity index is 653. The summed E-state index contributed by atoms with van der Waals surface area (Å²) < 4.78 is 12.8. The van der Waals surface area contributed by atoms with Crippen LogP contribution >= 0.6 is 0 Å². The van der Waals surface area contributed by atoms with Crippen LogP contribution in [0.3, 0.4) is 0 Å². The van der Waals surface area contributed by atoms with E-state index in [2.05, 4.69) is 6.07 Å². The highest BCUT2D eigenvalue weighted by Crippen LogP contribution is 2.15. The van der Waals surface area contributed by atoms with Crippen molar-refractivity contribution in [2.45, 2.75) is 19.3 Å². The fourth-order valence-corrected chi connectivity index (χ4v) is 1.99. The molecule has 0 spiro atoms. The molecule has 2 rings (SSSR count). The molecular weight excluding hydrogens is 273 g/mol. The lowest BCUT2D eigenvalue weighted by molar-refractivity contribution is -0.385.